The number of benzene rings is 2. The van der Waals surface area contributed by atoms with Crippen LogP contribution < -0.4 is 10.1 Å². The molecule has 1 N–H and O–H groups in total. The van der Waals surface area contributed by atoms with E-state index in [1.54, 1.807) is 23.5 Å². The highest BCUT2D eigenvalue weighted by Gasteiger charge is 2.07. The zero-order valence-corrected chi connectivity index (χ0v) is 15.6. The van der Waals surface area contributed by atoms with Gasteiger partial charge in [0.15, 0.2) is 0 Å². The minimum atomic E-state index is -0.0759. The van der Waals surface area contributed by atoms with Crippen LogP contribution in [0.5, 0.6) is 5.75 Å². The molecule has 0 radical (unpaired) electrons. The fourth-order valence-corrected chi connectivity index (χ4v) is 3.20. The first-order chi connectivity index (χ1) is 12.7. The number of aryl methyl sites for hydroxylation is 2. The summed E-state index contributed by atoms with van der Waals surface area (Å²) >= 11 is 1.60. The Morgan fingerprint density at radius 1 is 1.15 bits per heavy atom. The van der Waals surface area contributed by atoms with Gasteiger partial charge in [-0.25, -0.2) is 4.98 Å². The molecule has 0 aliphatic rings. The SMILES string of the molecule is Cc1nc(COc2cccc(C(=O)NCCCc3ccccc3)c2)cs1. The summed E-state index contributed by atoms with van der Waals surface area (Å²) in [6.45, 7) is 3.03. The van der Waals surface area contributed by atoms with Crippen LogP contribution in [0.1, 0.15) is 33.0 Å². The molecular formula is C21H22N2O2S. The Morgan fingerprint density at radius 2 is 2.00 bits per heavy atom. The van der Waals surface area contributed by atoms with E-state index in [9.17, 15) is 4.79 Å². The molecule has 0 spiro atoms. The van der Waals surface area contributed by atoms with Gasteiger partial charge in [-0.3, -0.25) is 4.79 Å². The molecule has 26 heavy (non-hydrogen) atoms. The van der Waals surface area contributed by atoms with Gasteiger partial charge < -0.3 is 10.1 Å². The molecule has 5 heteroatoms. The molecule has 1 amide bonds. The molecule has 0 fully saturated rings. The quantitative estimate of drug-likeness (QED) is 0.602. The van der Waals surface area contributed by atoms with E-state index in [0.29, 0.717) is 24.5 Å². The molecule has 0 aliphatic heterocycles. The third-order valence-electron chi connectivity index (χ3n) is 3.92. The summed E-state index contributed by atoms with van der Waals surface area (Å²) in [6, 6.07) is 17.5. The summed E-state index contributed by atoms with van der Waals surface area (Å²) in [5.74, 6) is 0.598. The Morgan fingerprint density at radius 3 is 2.77 bits per heavy atom. The Hall–Kier alpha value is -2.66. The lowest BCUT2D eigenvalue weighted by molar-refractivity contribution is 0.0952. The maximum absolute atomic E-state index is 12.3. The van der Waals surface area contributed by atoms with Gasteiger partial charge in [0.25, 0.3) is 5.91 Å². The molecule has 0 aliphatic carbocycles. The summed E-state index contributed by atoms with van der Waals surface area (Å²) in [4.78, 5) is 16.7. The zero-order valence-electron chi connectivity index (χ0n) is 14.8. The average Bonchev–Trinajstić information content (AvgIpc) is 3.10. The fourth-order valence-electron chi connectivity index (χ4n) is 2.60. The minimum Gasteiger partial charge on any atom is -0.487 e. The Bertz CT molecular complexity index is 846. The van der Waals surface area contributed by atoms with Crippen molar-refractivity contribution in [1.82, 2.24) is 10.3 Å². The maximum Gasteiger partial charge on any atom is 0.251 e. The summed E-state index contributed by atoms with van der Waals surface area (Å²) in [5, 5.41) is 5.97. The highest BCUT2D eigenvalue weighted by atomic mass is 32.1. The van der Waals surface area contributed by atoms with Crippen LogP contribution in [-0.2, 0) is 13.0 Å². The number of rotatable bonds is 8. The number of nitrogens with zero attached hydrogens (tertiary/aromatic N) is 1. The zero-order chi connectivity index (χ0) is 18.2. The number of hydrogen-bond donors (Lipinski definition) is 1. The third-order valence-corrected chi connectivity index (χ3v) is 4.74. The summed E-state index contributed by atoms with van der Waals surface area (Å²) < 4.78 is 5.74. The third kappa shape index (κ3) is 5.43. The first kappa shape index (κ1) is 18.1. The first-order valence-electron chi connectivity index (χ1n) is 8.67. The van der Waals surface area contributed by atoms with Gasteiger partial charge in [0.2, 0.25) is 0 Å². The van der Waals surface area contributed by atoms with E-state index in [1.807, 2.05) is 42.6 Å². The van der Waals surface area contributed by atoms with Crippen LogP contribution in [0.15, 0.2) is 60.0 Å². The highest BCUT2D eigenvalue weighted by molar-refractivity contribution is 7.09. The molecule has 1 heterocycles. The average molecular weight is 366 g/mol. The van der Waals surface area contributed by atoms with E-state index in [0.717, 1.165) is 23.5 Å². The molecule has 0 atom stereocenters. The van der Waals surface area contributed by atoms with E-state index in [4.69, 9.17) is 4.74 Å². The van der Waals surface area contributed by atoms with Crippen molar-refractivity contribution >= 4 is 17.2 Å². The Labute approximate surface area is 157 Å². The van der Waals surface area contributed by atoms with Crippen LogP contribution in [0.25, 0.3) is 0 Å². The topological polar surface area (TPSA) is 51.2 Å². The lowest BCUT2D eigenvalue weighted by atomic mass is 10.1. The number of carbonyl (C=O) groups is 1. The van der Waals surface area contributed by atoms with Gasteiger partial charge in [0, 0.05) is 17.5 Å². The van der Waals surface area contributed by atoms with Gasteiger partial charge >= 0.3 is 0 Å². The van der Waals surface area contributed by atoms with Crippen molar-refractivity contribution in [1.29, 1.82) is 0 Å². The van der Waals surface area contributed by atoms with Crippen LogP contribution in [0, 0.1) is 6.92 Å². The van der Waals surface area contributed by atoms with Crippen molar-refractivity contribution in [3.05, 3.63) is 81.8 Å². The van der Waals surface area contributed by atoms with Crippen LogP contribution in [0.3, 0.4) is 0 Å². The predicted molar refractivity (Wildman–Crippen MR) is 105 cm³/mol. The normalized spacial score (nSPS) is 10.5. The van der Waals surface area contributed by atoms with Crippen molar-refractivity contribution in [2.45, 2.75) is 26.4 Å². The molecule has 3 rings (SSSR count). The van der Waals surface area contributed by atoms with Crippen LogP contribution in [0.4, 0.5) is 0 Å². The molecule has 2 aromatic carbocycles. The van der Waals surface area contributed by atoms with Gasteiger partial charge in [0.1, 0.15) is 12.4 Å². The van der Waals surface area contributed by atoms with E-state index in [2.05, 4.69) is 22.4 Å². The molecule has 0 saturated carbocycles. The molecule has 134 valence electrons. The predicted octanol–water partition coefficient (Wildman–Crippen LogP) is 4.39. The van der Waals surface area contributed by atoms with Gasteiger partial charge in [-0.15, -0.1) is 11.3 Å². The number of thiazole rings is 1. The van der Waals surface area contributed by atoms with E-state index < -0.39 is 0 Å². The van der Waals surface area contributed by atoms with E-state index in [-0.39, 0.29) is 5.91 Å². The number of carbonyl (C=O) groups excluding carboxylic acids is 1. The van der Waals surface area contributed by atoms with Crippen molar-refractivity contribution in [3.8, 4) is 5.75 Å². The molecule has 0 bridgehead atoms. The monoisotopic (exact) mass is 366 g/mol. The fraction of sp³-hybridized carbons (Fsp3) is 0.238. The second-order valence-corrected chi connectivity index (χ2v) is 7.08. The lowest BCUT2D eigenvalue weighted by Gasteiger charge is -2.08. The lowest BCUT2D eigenvalue weighted by Crippen LogP contribution is -2.24. The van der Waals surface area contributed by atoms with Gasteiger partial charge in [-0.1, -0.05) is 36.4 Å². The van der Waals surface area contributed by atoms with Crippen molar-refractivity contribution in [2.24, 2.45) is 0 Å². The van der Waals surface area contributed by atoms with Gasteiger partial charge in [-0.2, -0.15) is 0 Å². The highest BCUT2D eigenvalue weighted by Crippen LogP contribution is 2.16. The number of nitrogens with one attached hydrogen (secondary N) is 1. The number of ether oxygens (including phenoxy) is 1. The molecular weight excluding hydrogens is 344 g/mol. The van der Waals surface area contributed by atoms with Crippen molar-refractivity contribution < 1.29 is 9.53 Å². The minimum absolute atomic E-state index is 0.0759. The van der Waals surface area contributed by atoms with Crippen molar-refractivity contribution in [3.63, 3.8) is 0 Å². The smallest absolute Gasteiger partial charge is 0.251 e. The van der Waals surface area contributed by atoms with E-state index >= 15 is 0 Å². The number of amides is 1. The molecule has 3 aromatic rings. The summed E-state index contributed by atoms with van der Waals surface area (Å²) in [6.07, 6.45) is 1.87. The molecule has 0 saturated heterocycles. The van der Waals surface area contributed by atoms with E-state index in [1.165, 1.54) is 5.56 Å². The summed E-state index contributed by atoms with van der Waals surface area (Å²) in [5.41, 5.74) is 2.80. The standard InChI is InChI=1S/C21H22N2O2S/c1-16-23-19(15-26-16)14-25-20-11-5-10-18(13-20)21(24)22-12-6-9-17-7-3-2-4-8-17/h2-5,7-8,10-11,13,15H,6,9,12,14H2,1H3,(H,22,24). The second-order valence-electron chi connectivity index (χ2n) is 6.02. The Kier molecular flexibility index (Phi) is 6.39. The summed E-state index contributed by atoms with van der Waals surface area (Å²) in [7, 11) is 0. The largest absolute Gasteiger partial charge is 0.487 e. The van der Waals surface area contributed by atoms with Crippen LogP contribution in [-0.4, -0.2) is 17.4 Å². The molecule has 1 aromatic heterocycles. The number of aromatic nitrogens is 1. The van der Waals surface area contributed by atoms with Crippen LogP contribution in [0.2, 0.25) is 0 Å². The molecule has 0 unspecified atom stereocenters. The second kappa shape index (κ2) is 9.15. The van der Waals surface area contributed by atoms with Crippen molar-refractivity contribution in [2.75, 3.05) is 6.54 Å². The first-order valence-corrected chi connectivity index (χ1v) is 9.55. The van der Waals surface area contributed by atoms with Gasteiger partial charge in [-0.05, 0) is 43.5 Å². The molecule has 4 nitrogen and oxygen atoms in total. The maximum atomic E-state index is 12.3. The Balaban J connectivity index is 1.46. The number of hydrogen-bond acceptors (Lipinski definition) is 4. The van der Waals surface area contributed by atoms with Crippen LogP contribution >= 0.6 is 11.3 Å². The van der Waals surface area contributed by atoms with Gasteiger partial charge in [0.05, 0.1) is 10.7 Å².